The molecule has 1 fully saturated rings. The molecule has 174 valence electrons. The second kappa shape index (κ2) is 10.0. The van der Waals surface area contributed by atoms with Gasteiger partial charge in [0.1, 0.15) is 0 Å². The van der Waals surface area contributed by atoms with Gasteiger partial charge < -0.3 is 24.3 Å². The molecule has 1 atom stereocenters. The van der Waals surface area contributed by atoms with E-state index >= 15 is 0 Å². The summed E-state index contributed by atoms with van der Waals surface area (Å²) in [6.45, 7) is -0.149. The maximum atomic E-state index is 12.8. The molecule has 0 unspecified atom stereocenters. The Balaban J connectivity index is 1.70. The van der Waals surface area contributed by atoms with Gasteiger partial charge in [0.2, 0.25) is 11.7 Å². The van der Waals surface area contributed by atoms with Crippen LogP contribution in [0.5, 0.6) is 23.0 Å². The van der Waals surface area contributed by atoms with E-state index in [9.17, 15) is 19.2 Å². The Labute approximate surface area is 190 Å². The van der Waals surface area contributed by atoms with Crippen molar-refractivity contribution < 1.29 is 38.1 Å². The zero-order valence-electron chi connectivity index (χ0n) is 18.7. The number of ketones is 1. The Bertz CT molecular complexity index is 1100. The van der Waals surface area contributed by atoms with E-state index in [-0.39, 0.29) is 13.1 Å². The number of imide groups is 1. The summed E-state index contributed by atoms with van der Waals surface area (Å²) in [5, 5.41) is 2.54. The fraction of sp³-hybridized carbons (Fsp3) is 0.304. The summed E-state index contributed by atoms with van der Waals surface area (Å²) in [5.74, 6) is -3.66. The molecule has 0 radical (unpaired) electrons. The number of amides is 3. The van der Waals surface area contributed by atoms with Crippen molar-refractivity contribution in [2.75, 3.05) is 28.4 Å². The second-order valence-corrected chi connectivity index (χ2v) is 7.12. The Morgan fingerprint density at radius 1 is 0.818 bits per heavy atom. The van der Waals surface area contributed by atoms with Crippen molar-refractivity contribution in [1.29, 1.82) is 0 Å². The molecule has 0 saturated carbocycles. The van der Waals surface area contributed by atoms with E-state index in [1.807, 2.05) is 0 Å². The van der Waals surface area contributed by atoms with Crippen LogP contribution >= 0.6 is 0 Å². The summed E-state index contributed by atoms with van der Waals surface area (Å²) in [6, 6.07) is 9.88. The van der Waals surface area contributed by atoms with E-state index in [0.717, 1.165) is 4.90 Å². The molecule has 3 rings (SSSR count). The van der Waals surface area contributed by atoms with Crippen LogP contribution in [0.15, 0.2) is 36.4 Å². The molecule has 1 N–H and O–H groups in total. The smallest absolute Gasteiger partial charge is 0.298 e. The summed E-state index contributed by atoms with van der Waals surface area (Å²) in [5.41, 5.74) is 1.20. The highest BCUT2D eigenvalue weighted by Crippen LogP contribution is 2.30. The van der Waals surface area contributed by atoms with E-state index in [2.05, 4.69) is 5.32 Å². The lowest BCUT2D eigenvalue weighted by atomic mass is 10.1. The number of nitrogens with one attached hydrogen (secondary N) is 1. The van der Waals surface area contributed by atoms with Crippen molar-refractivity contribution >= 4 is 23.5 Å². The Morgan fingerprint density at radius 2 is 1.33 bits per heavy atom. The Kier molecular flexibility index (Phi) is 7.17. The van der Waals surface area contributed by atoms with Crippen LogP contribution in [-0.2, 0) is 32.3 Å². The lowest BCUT2D eigenvalue weighted by Gasteiger charge is -2.15. The third-order valence-electron chi connectivity index (χ3n) is 5.20. The molecule has 10 heteroatoms. The number of ether oxygens (including phenoxy) is 4. The molecule has 1 aliphatic heterocycles. The summed E-state index contributed by atoms with van der Waals surface area (Å²) in [4.78, 5) is 51.0. The van der Waals surface area contributed by atoms with Gasteiger partial charge in [0.25, 0.3) is 11.8 Å². The second-order valence-electron chi connectivity index (χ2n) is 7.12. The van der Waals surface area contributed by atoms with E-state index in [1.54, 1.807) is 36.4 Å². The average molecular weight is 456 g/mol. The molecule has 1 heterocycles. The topological polar surface area (TPSA) is 120 Å². The van der Waals surface area contributed by atoms with Crippen LogP contribution in [0.3, 0.4) is 0 Å². The molecule has 0 bridgehead atoms. The van der Waals surface area contributed by atoms with E-state index in [0.29, 0.717) is 34.1 Å². The van der Waals surface area contributed by atoms with Crippen molar-refractivity contribution in [3.63, 3.8) is 0 Å². The number of benzene rings is 2. The molecule has 10 nitrogen and oxygen atoms in total. The molecule has 2 aromatic carbocycles. The van der Waals surface area contributed by atoms with Gasteiger partial charge in [-0.3, -0.25) is 24.1 Å². The minimum Gasteiger partial charge on any atom is -0.493 e. The molecule has 1 aliphatic rings. The lowest BCUT2D eigenvalue weighted by Crippen LogP contribution is -2.38. The fourth-order valence-corrected chi connectivity index (χ4v) is 3.45. The van der Waals surface area contributed by atoms with Crippen LogP contribution in [0.25, 0.3) is 0 Å². The number of nitrogens with zero attached hydrogens (tertiary/aromatic N) is 1. The first-order chi connectivity index (χ1) is 15.8. The van der Waals surface area contributed by atoms with Gasteiger partial charge in [0.15, 0.2) is 28.9 Å². The molecule has 0 aromatic heterocycles. The number of hydrogen-bond donors (Lipinski definition) is 1. The van der Waals surface area contributed by atoms with Crippen molar-refractivity contribution in [1.82, 2.24) is 10.2 Å². The molecule has 33 heavy (non-hydrogen) atoms. The lowest BCUT2D eigenvalue weighted by molar-refractivity contribution is -0.143. The largest absolute Gasteiger partial charge is 0.493 e. The minimum atomic E-state index is -1.72. The van der Waals surface area contributed by atoms with Gasteiger partial charge in [-0.25, -0.2) is 0 Å². The van der Waals surface area contributed by atoms with Crippen LogP contribution < -0.4 is 24.3 Å². The van der Waals surface area contributed by atoms with Crippen LogP contribution in [0, 0.1) is 5.92 Å². The van der Waals surface area contributed by atoms with Crippen LogP contribution in [0.1, 0.15) is 11.1 Å². The number of rotatable bonds is 9. The first kappa shape index (κ1) is 23.6. The number of carbonyl (C=O) groups excluding carboxylic acids is 4. The quantitative estimate of drug-likeness (QED) is 0.338. The highest BCUT2D eigenvalue weighted by Gasteiger charge is 2.50. The first-order valence-corrected chi connectivity index (χ1v) is 9.93. The maximum Gasteiger partial charge on any atom is 0.298 e. The van der Waals surface area contributed by atoms with Crippen LogP contribution in [-0.4, -0.2) is 56.8 Å². The SMILES string of the molecule is COc1ccc(CNC(=O)[C@@H]2C(=O)C(=O)N(Cc3ccc(OC)c(OC)c3)C2=O)cc1OC. The highest BCUT2D eigenvalue weighted by atomic mass is 16.5. The first-order valence-electron chi connectivity index (χ1n) is 9.93. The van der Waals surface area contributed by atoms with Gasteiger partial charge in [-0.1, -0.05) is 12.1 Å². The summed E-state index contributed by atoms with van der Waals surface area (Å²) < 4.78 is 20.8. The zero-order chi connectivity index (χ0) is 24.1. The zero-order valence-corrected chi connectivity index (χ0v) is 18.7. The standard InChI is InChI=1S/C23H24N2O8/c1-30-15-7-5-13(9-17(15)32-3)11-24-21(27)19-20(26)23(29)25(22(19)28)12-14-6-8-16(31-2)18(10-14)33-4/h5-10,19H,11-12H2,1-4H3,(H,24,27)/t19-/m0/s1. The molecular weight excluding hydrogens is 432 g/mol. The normalized spacial score (nSPS) is 15.5. The average Bonchev–Trinajstić information content (AvgIpc) is 3.05. The monoisotopic (exact) mass is 456 g/mol. The van der Waals surface area contributed by atoms with Crippen molar-refractivity contribution in [3.05, 3.63) is 47.5 Å². The van der Waals surface area contributed by atoms with Gasteiger partial charge in [0, 0.05) is 6.54 Å². The van der Waals surface area contributed by atoms with Crippen molar-refractivity contribution in [3.8, 4) is 23.0 Å². The highest BCUT2D eigenvalue weighted by molar-refractivity contribution is 6.52. The summed E-state index contributed by atoms with van der Waals surface area (Å²) in [6.07, 6.45) is 0. The number of methoxy groups -OCH3 is 4. The van der Waals surface area contributed by atoms with Crippen molar-refractivity contribution in [2.45, 2.75) is 13.1 Å². The number of Topliss-reactive ketones (excluding diaryl/α,β-unsaturated/α-hetero) is 1. The van der Waals surface area contributed by atoms with E-state index < -0.39 is 29.4 Å². The Hall–Kier alpha value is -4.08. The predicted molar refractivity (Wildman–Crippen MR) is 115 cm³/mol. The summed E-state index contributed by atoms with van der Waals surface area (Å²) in [7, 11) is 5.92. The molecular formula is C23H24N2O8. The molecule has 0 aliphatic carbocycles. The Morgan fingerprint density at radius 3 is 1.88 bits per heavy atom. The number of likely N-dealkylation sites (tertiary alicyclic amines) is 1. The van der Waals surface area contributed by atoms with Gasteiger partial charge in [-0.15, -0.1) is 0 Å². The van der Waals surface area contributed by atoms with Gasteiger partial charge >= 0.3 is 0 Å². The number of carbonyl (C=O) groups is 4. The molecule has 2 aromatic rings. The predicted octanol–water partition coefficient (Wildman–Crippen LogP) is 1.09. The van der Waals surface area contributed by atoms with Crippen LogP contribution in [0.2, 0.25) is 0 Å². The molecule has 0 spiro atoms. The van der Waals surface area contributed by atoms with Gasteiger partial charge in [-0.2, -0.15) is 0 Å². The summed E-state index contributed by atoms with van der Waals surface area (Å²) >= 11 is 0. The van der Waals surface area contributed by atoms with Crippen molar-refractivity contribution in [2.24, 2.45) is 5.92 Å². The minimum absolute atomic E-state index is 0.0279. The van der Waals surface area contributed by atoms with Gasteiger partial charge in [-0.05, 0) is 35.4 Å². The van der Waals surface area contributed by atoms with Crippen LogP contribution in [0.4, 0.5) is 0 Å². The molecule has 3 amide bonds. The fourth-order valence-electron chi connectivity index (χ4n) is 3.45. The van der Waals surface area contributed by atoms with E-state index in [4.69, 9.17) is 18.9 Å². The third-order valence-corrected chi connectivity index (χ3v) is 5.20. The molecule has 1 saturated heterocycles. The maximum absolute atomic E-state index is 12.8. The van der Waals surface area contributed by atoms with E-state index in [1.165, 1.54) is 28.4 Å². The third kappa shape index (κ3) is 4.74. The number of hydrogen-bond acceptors (Lipinski definition) is 8. The van der Waals surface area contributed by atoms with Gasteiger partial charge in [0.05, 0.1) is 35.0 Å².